The smallest absolute Gasteiger partial charge is 0.0837 e. The fourth-order valence-corrected chi connectivity index (χ4v) is 0.699. The topological polar surface area (TPSA) is 24.7 Å². The van der Waals surface area contributed by atoms with Gasteiger partial charge in [-0.15, -0.1) is 0 Å². The fraction of sp³-hybridized carbons (Fsp3) is 0.714. The van der Waals surface area contributed by atoms with Crippen LogP contribution in [0.5, 0.6) is 0 Å². The quantitative estimate of drug-likeness (QED) is 0.473. The van der Waals surface area contributed by atoms with Gasteiger partial charge in [0.1, 0.15) is 0 Å². The maximum atomic E-state index is 3.86. The molecule has 0 amide bonds. The maximum absolute atomic E-state index is 3.86. The monoisotopic (exact) mass is 124 g/mol. The normalized spacial score (nSPS) is 18.3. The number of nitrogens with zero attached hydrogens (tertiary/aromatic N) is 2. The molecule has 1 aliphatic rings. The first kappa shape index (κ1) is 6.46. The van der Waals surface area contributed by atoms with Crippen LogP contribution in [0, 0.1) is 5.41 Å². The van der Waals surface area contributed by atoms with Gasteiger partial charge in [-0.05, 0) is 11.0 Å². The van der Waals surface area contributed by atoms with E-state index < -0.39 is 0 Å². The molecule has 2 nitrogen and oxygen atoms in total. The molecule has 9 heavy (non-hydrogen) atoms. The van der Waals surface area contributed by atoms with E-state index >= 15 is 0 Å². The maximum Gasteiger partial charge on any atom is 0.0837 e. The van der Waals surface area contributed by atoms with E-state index in [2.05, 4.69) is 31.0 Å². The average Bonchev–Trinajstić information content (AvgIpc) is 2.08. The highest BCUT2D eigenvalue weighted by atomic mass is 15.1. The van der Waals surface area contributed by atoms with Gasteiger partial charge in [0.25, 0.3) is 0 Å². The minimum absolute atomic E-state index is 0.253. The van der Waals surface area contributed by atoms with E-state index in [0.29, 0.717) is 0 Å². The molecular formula is C7H12N2. The molecule has 0 aromatic rings. The molecule has 0 N–H and O–H groups in total. The first-order valence-corrected chi connectivity index (χ1v) is 3.17. The van der Waals surface area contributed by atoms with Crippen molar-refractivity contribution in [2.45, 2.75) is 20.8 Å². The first-order chi connectivity index (χ1) is 4.11. The van der Waals surface area contributed by atoms with Gasteiger partial charge in [-0.3, -0.25) is 0 Å². The molecule has 50 valence electrons. The Labute approximate surface area is 55.7 Å². The van der Waals surface area contributed by atoms with E-state index in [1.165, 1.54) is 5.57 Å². The molecule has 0 aliphatic carbocycles. The van der Waals surface area contributed by atoms with Crippen molar-refractivity contribution >= 4 is 0 Å². The summed E-state index contributed by atoms with van der Waals surface area (Å²) in [7, 11) is 0. The summed E-state index contributed by atoms with van der Waals surface area (Å²) in [6.45, 7) is 7.32. The summed E-state index contributed by atoms with van der Waals surface area (Å²) in [4.78, 5) is 0. The molecule has 1 rings (SSSR count). The van der Waals surface area contributed by atoms with E-state index in [1.54, 1.807) is 0 Å². The predicted octanol–water partition coefficient (Wildman–Crippen LogP) is 2.38. The summed E-state index contributed by atoms with van der Waals surface area (Å²) < 4.78 is 0. The van der Waals surface area contributed by atoms with E-state index in [9.17, 15) is 0 Å². The zero-order valence-corrected chi connectivity index (χ0v) is 6.18. The lowest BCUT2D eigenvalue weighted by molar-refractivity contribution is 0.499. The standard InChI is InChI=1S/C7H12N2/c1-7(2,3)6-4-8-9-5-6/h4H,5H2,1-3H3. The average molecular weight is 124 g/mol. The van der Waals surface area contributed by atoms with Gasteiger partial charge in [0.05, 0.1) is 12.7 Å². The second-order valence-corrected chi connectivity index (χ2v) is 3.32. The van der Waals surface area contributed by atoms with Gasteiger partial charge in [0, 0.05) is 0 Å². The molecular weight excluding hydrogens is 112 g/mol. The summed E-state index contributed by atoms with van der Waals surface area (Å²) in [5.74, 6) is 0. The Balaban J connectivity index is 2.66. The Bertz CT molecular complexity index is 160. The third-order valence-corrected chi connectivity index (χ3v) is 1.50. The van der Waals surface area contributed by atoms with Gasteiger partial charge in [0.15, 0.2) is 0 Å². The summed E-state index contributed by atoms with van der Waals surface area (Å²) >= 11 is 0. The van der Waals surface area contributed by atoms with Crippen LogP contribution in [0.1, 0.15) is 20.8 Å². The van der Waals surface area contributed by atoms with Crippen molar-refractivity contribution in [2.75, 3.05) is 6.54 Å². The van der Waals surface area contributed by atoms with Gasteiger partial charge < -0.3 is 0 Å². The van der Waals surface area contributed by atoms with Gasteiger partial charge in [-0.25, -0.2) is 0 Å². The Morgan fingerprint density at radius 2 is 2.11 bits per heavy atom. The third-order valence-electron chi connectivity index (χ3n) is 1.50. The molecule has 0 spiro atoms. The zero-order valence-electron chi connectivity index (χ0n) is 6.18. The SMILES string of the molecule is CC(C)(C)C1=CN=NC1. The highest BCUT2D eigenvalue weighted by Crippen LogP contribution is 2.27. The molecule has 0 saturated carbocycles. The Morgan fingerprint density at radius 3 is 2.33 bits per heavy atom. The number of rotatable bonds is 0. The van der Waals surface area contributed by atoms with Crippen LogP contribution in [-0.2, 0) is 0 Å². The van der Waals surface area contributed by atoms with Crippen molar-refractivity contribution in [3.63, 3.8) is 0 Å². The third kappa shape index (κ3) is 1.37. The largest absolute Gasteiger partial charge is 0.185 e. The number of azo groups is 1. The molecule has 0 aromatic heterocycles. The summed E-state index contributed by atoms with van der Waals surface area (Å²) in [6.07, 6.45) is 1.86. The van der Waals surface area contributed by atoms with E-state index in [4.69, 9.17) is 0 Å². The molecule has 2 heteroatoms. The fourth-order valence-electron chi connectivity index (χ4n) is 0.699. The Kier molecular flexibility index (Phi) is 1.39. The van der Waals surface area contributed by atoms with Crippen LogP contribution in [0.4, 0.5) is 0 Å². The van der Waals surface area contributed by atoms with Crippen molar-refractivity contribution in [2.24, 2.45) is 15.6 Å². The van der Waals surface area contributed by atoms with Crippen LogP contribution >= 0.6 is 0 Å². The van der Waals surface area contributed by atoms with Crippen LogP contribution in [0.3, 0.4) is 0 Å². The van der Waals surface area contributed by atoms with Crippen molar-refractivity contribution in [3.8, 4) is 0 Å². The van der Waals surface area contributed by atoms with Crippen molar-refractivity contribution in [1.82, 2.24) is 0 Å². The van der Waals surface area contributed by atoms with Crippen LogP contribution in [0.25, 0.3) is 0 Å². The van der Waals surface area contributed by atoms with E-state index in [1.807, 2.05) is 6.20 Å². The van der Waals surface area contributed by atoms with Crippen LogP contribution in [0.2, 0.25) is 0 Å². The van der Waals surface area contributed by atoms with Gasteiger partial charge in [-0.1, -0.05) is 20.8 Å². The minimum atomic E-state index is 0.253. The second kappa shape index (κ2) is 1.94. The van der Waals surface area contributed by atoms with Gasteiger partial charge in [0.2, 0.25) is 0 Å². The van der Waals surface area contributed by atoms with E-state index in [-0.39, 0.29) is 5.41 Å². The zero-order chi connectivity index (χ0) is 6.91. The van der Waals surface area contributed by atoms with Gasteiger partial charge in [-0.2, -0.15) is 10.2 Å². The van der Waals surface area contributed by atoms with Crippen LogP contribution in [0.15, 0.2) is 22.0 Å². The molecule has 1 aliphatic heterocycles. The molecule has 0 saturated heterocycles. The predicted molar refractivity (Wildman–Crippen MR) is 37.3 cm³/mol. The lowest BCUT2D eigenvalue weighted by atomic mass is 9.87. The lowest BCUT2D eigenvalue weighted by Crippen LogP contribution is -2.09. The highest BCUT2D eigenvalue weighted by Gasteiger charge is 2.18. The highest BCUT2D eigenvalue weighted by molar-refractivity contribution is 5.14. The Morgan fingerprint density at radius 1 is 1.44 bits per heavy atom. The van der Waals surface area contributed by atoms with Crippen LogP contribution < -0.4 is 0 Å². The van der Waals surface area contributed by atoms with E-state index in [0.717, 1.165) is 6.54 Å². The van der Waals surface area contributed by atoms with Crippen molar-refractivity contribution < 1.29 is 0 Å². The summed E-state index contributed by atoms with van der Waals surface area (Å²) in [6, 6.07) is 0. The number of hydrogen-bond acceptors (Lipinski definition) is 2. The summed E-state index contributed by atoms with van der Waals surface area (Å²) in [5, 5.41) is 7.66. The molecule has 0 fully saturated rings. The minimum Gasteiger partial charge on any atom is -0.185 e. The molecule has 0 aromatic carbocycles. The number of hydrogen-bond donors (Lipinski definition) is 0. The second-order valence-electron chi connectivity index (χ2n) is 3.32. The molecule has 0 unspecified atom stereocenters. The molecule has 0 radical (unpaired) electrons. The van der Waals surface area contributed by atoms with Gasteiger partial charge >= 0.3 is 0 Å². The Hall–Kier alpha value is -0.660. The summed E-state index contributed by atoms with van der Waals surface area (Å²) in [5.41, 5.74) is 1.58. The lowest BCUT2D eigenvalue weighted by Gasteiger charge is -2.17. The van der Waals surface area contributed by atoms with Crippen molar-refractivity contribution in [3.05, 3.63) is 11.8 Å². The molecule has 1 heterocycles. The molecule has 0 bridgehead atoms. The van der Waals surface area contributed by atoms with Crippen LogP contribution in [-0.4, -0.2) is 6.54 Å². The first-order valence-electron chi connectivity index (χ1n) is 3.17. The molecule has 0 atom stereocenters. The van der Waals surface area contributed by atoms with Crippen molar-refractivity contribution in [1.29, 1.82) is 0 Å².